The summed E-state index contributed by atoms with van der Waals surface area (Å²) in [6.45, 7) is 0. The topological polar surface area (TPSA) is 118 Å². The Morgan fingerprint density at radius 2 is 2.10 bits per heavy atom. The summed E-state index contributed by atoms with van der Waals surface area (Å²) in [5, 5.41) is 18.4. The standard InChI is InChI=1S/C11H7FN4O4/c12-7-2-1-6(5-9(7)16(19)20)13-11(18)8-3-4-10(17)15-14-8/h1-5H,(H,13,18)(H,15,17). The molecule has 2 N–H and O–H groups in total. The molecular weight excluding hydrogens is 271 g/mol. The van der Waals surface area contributed by atoms with Gasteiger partial charge in [0.1, 0.15) is 5.69 Å². The fraction of sp³-hybridized carbons (Fsp3) is 0. The highest BCUT2D eigenvalue weighted by atomic mass is 19.1. The molecule has 8 nitrogen and oxygen atoms in total. The summed E-state index contributed by atoms with van der Waals surface area (Å²) in [7, 11) is 0. The van der Waals surface area contributed by atoms with Crippen LogP contribution in [0.1, 0.15) is 10.5 Å². The highest BCUT2D eigenvalue weighted by Crippen LogP contribution is 2.21. The van der Waals surface area contributed by atoms with Gasteiger partial charge in [0.2, 0.25) is 5.82 Å². The number of nitrogens with zero attached hydrogens (tertiary/aromatic N) is 2. The molecular formula is C11H7FN4O4. The molecule has 1 heterocycles. The van der Waals surface area contributed by atoms with E-state index < -0.39 is 27.9 Å². The summed E-state index contributed by atoms with van der Waals surface area (Å²) in [6.07, 6.45) is 0. The van der Waals surface area contributed by atoms with Gasteiger partial charge in [-0.1, -0.05) is 0 Å². The van der Waals surface area contributed by atoms with Gasteiger partial charge >= 0.3 is 5.69 Å². The maximum Gasteiger partial charge on any atom is 0.306 e. The van der Waals surface area contributed by atoms with Gasteiger partial charge in [-0.3, -0.25) is 19.7 Å². The van der Waals surface area contributed by atoms with E-state index >= 15 is 0 Å². The van der Waals surface area contributed by atoms with Gasteiger partial charge in [0.15, 0.2) is 0 Å². The molecule has 0 aliphatic carbocycles. The van der Waals surface area contributed by atoms with E-state index in [1.165, 1.54) is 12.1 Å². The number of carbonyl (C=O) groups excluding carboxylic acids is 1. The van der Waals surface area contributed by atoms with E-state index in [1.54, 1.807) is 0 Å². The number of carbonyl (C=O) groups is 1. The van der Waals surface area contributed by atoms with Crippen LogP contribution in [0.4, 0.5) is 15.8 Å². The molecule has 0 unspecified atom stereocenters. The molecule has 0 fully saturated rings. The van der Waals surface area contributed by atoms with Gasteiger partial charge < -0.3 is 5.32 Å². The molecule has 1 aromatic heterocycles. The zero-order chi connectivity index (χ0) is 14.7. The molecule has 0 aliphatic rings. The molecule has 0 bridgehead atoms. The van der Waals surface area contributed by atoms with E-state index in [4.69, 9.17) is 0 Å². The maximum absolute atomic E-state index is 13.1. The number of amides is 1. The fourth-order valence-corrected chi connectivity index (χ4v) is 1.40. The Kier molecular flexibility index (Phi) is 3.51. The third kappa shape index (κ3) is 2.83. The molecule has 0 radical (unpaired) electrons. The first kappa shape index (κ1) is 13.3. The van der Waals surface area contributed by atoms with Crippen LogP contribution in [0, 0.1) is 15.9 Å². The molecule has 20 heavy (non-hydrogen) atoms. The third-order valence-electron chi connectivity index (χ3n) is 2.31. The number of nitrogens with one attached hydrogen (secondary N) is 2. The van der Waals surface area contributed by atoms with Crippen LogP contribution in [0.15, 0.2) is 35.1 Å². The van der Waals surface area contributed by atoms with E-state index in [0.29, 0.717) is 0 Å². The summed E-state index contributed by atoms with van der Waals surface area (Å²) in [4.78, 5) is 32.2. The molecule has 9 heteroatoms. The summed E-state index contributed by atoms with van der Waals surface area (Å²) in [5.74, 6) is -1.70. The van der Waals surface area contributed by atoms with Gasteiger partial charge in [-0.25, -0.2) is 5.10 Å². The number of halogens is 1. The molecule has 0 saturated heterocycles. The minimum Gasteiger partial charge on any atom is -0.320 e. The van der Waals surface area contributed by atoms with Crippen molar-refractivity contribution in [2.24, 2.45) is 0 Å². The Morgan fingerprint density at radius 1 is 1.35 bits per heavy atom. The number of nitro groups is 1. The van der Waals surface area contributed by atoms with Gasteiger partial charge in [0.25, 0.3) is 11.5 Å². The van der Waals surface area contributed by atoms with Crippen LogP contribution in [0.2, 0.25) is 0 Å². The highest BCUT2D eigenvalue weighted by Gasteiger charge is 2.16. The zero-order valence-electron chi connectivity index (χ0n) is 9.79. The molecule has 102 valence electrons. The molecule has 1 amide bonds. The highest BCUT2D eigenvalue weighted by molar-refractivity contribution is 6.02. The molecule has 0 spiro atoms. The quantitative estimate of drug-likeness (QED) is 0.643. The second-order valence-electron chi connectivity index (χ2n) is 3.68. The second kappa shape index (κ2) is 5.26. The lowest BCUT2D eigenvalue weighted by molar-refractivity contribution is -0.387. The Balaban J connectivity index is 2.24. The minimum atomic E-state index is -1.00. The summed E-state index contributed by atoms with van der Waals surface area (Å²) >= 11 is 0. The molecule has 0 saturated carbocycles. The normalized spacial score (nSPS) is 10.1. The Morgan fingerprint density at radius 3 is 2.70 bits per heavy atom. The van der Waals surface area contributed by atoms with Crippen molar-refractivity contribution in [3.8, 4) is 0 Å². The average Bonchev–Trinajstić information content (AvgIpc) is 2.41. The van der Waals surface area contributed by atoms with Gasteiger partial charge in [0, 0.05) is 17.8 Å². The van der Waals surface area contributed by atoms with Crippen molar-refractivity contribution in [1.29, 1.82) is 0 Å². The first-order valence-corrected chi connectivity index (χ1v) is 5.28. The number of benzene rings is 1. The zero-order valence-corrected chi connectivity index (χ0v) is 9.79. The number of hydrogen-bond donors (Lipinski definition) is 2. The Hall–Kier alpha value is -3.10. The predicted octanol–water partition coefficient (Wildman–Crippen LogP) is 1.07. The van der Waals surface area contributed by atoms with E-state index in [9.17, 15) is 24.1 Å². The smallest absolute Gasteiger partial charge is 0.306 e. The lowest BCUT2D eigenvalue weighted by Gasteiger charge is -2.04. The Labute approximate surface area is 110 Å². The lowest BCUT2D eigenvalue weighted by Crippen LogP contribution is -2.17. The second-order valence-corrected chi connectivity index (χ2v) is 3.68. The van der Waals surface area contributed by atoms with Crippen molar-refractivity contribution < 1.29 is 14.1 Å². The largest absolute Gasteiger partial charge is 0.320 e. The maximum atomic E-state index is 13.1. The van der Waals surface area contributed by atoms with Gasteiger partial charge in [-0.2, -0.15) is 9.49 Å². The summed E-state index contributed by atoms with van der Waals surface area (Å²) in [6, 6.07) is 5.22. The van der Waals surface area contributed by atoms with Gasteiger partial charge in [0.05, 0.1) is 4.92 Å². The van der Waals surface area contributed by atoms with Crippen LogP contribution >= 0.6 is 0 Å². The van der Waals surface area contributed by atoms with E-state index in [-0.39, 0.29) is 11.4 Å². The van der Waals surface area contributed by atoms with Crippen LogP contribution in [0.5, 0.6) is 0 Å². The Bertz CT molecular complexity index is 723. The van der Waals surface area contributed by atoms with Crippen LogP contribution in [0.3, 0.4) is 0 Å². The summed E-state index contributed by atoms with van der Waals surface area (Å²) in [5.41, 5.74) is -1.27. The van der Waals surface area contributed by atoms with Crippen molar-refractivity contribution in [1.82, 2.24) is 10.2 Å². The molecule has 1 aromatic carbocycles. The molecule has 2 aromatic rings. The predicted molar refractivity (Wildman–Crippen MR) is 65.9 cm³/mol. The minimum absolute atomic E-state index is 0.0381. The van der Waals surface area contributed by atoms with Crippen LogP contribution in [-0.4, -0.2) is 21.0 Å². The SMILES string of the molecule is O=C(Nc1ccc(F)c([N+](=O)[O-])c1)c1ccc(=O)[nH]n1. The monoisotopic (exact) mass is 278 g/mol. The summed E-state index contributed by atoms with van der Waals surface area (Å²) < 4.78 is 13.1. The van der Waals surface area contributed by atoms with E-state index in [0.717, 1.165) is 18.2 Å². The molecule has 2 rings (SSSR count). The number of hydrogen-bond acceptors (Lipinski definition) is 5. The van der Waals surface area contributed by atoms with Crippen molar-refractivity contribution in [3.05, 3.63) is 62.3 Å². The van der Waals surface area contributed by atoms with Crippen LogP contribution in [0.25, 0.3) is 0 Å². The fourth-order valence-electron chi connectivity index (χ4n) is 1.40. The molecule has 0 atom stereocenters. The number of aromatic nitrogens is 2. The number of nitro benzene ring substituents is 1. The van der Waals surface area contributed by atoms with E-state index in [2.05, 4.69) is 15.5 Å². The number of rotatable bonds is 3. The van der Waals surface area contributed by atoms with Crippen molar-refractivity contribution in [3.63, 3.8) is 0 Å². The van der Waals surface area contributed by atoms with E-state index in [1.807, 2.05) is 0 Å². The average molecular weight is 278 g/mol. The number of aromatic amines is 1. The lowest BCUT2D eigenvalue weighted by atomic mass is 10.2. The van der Waals surface area contributed by atoms with Gasteiger partial charge in [-0.05, 0) is 18.2 Å². The number of anilines is 1. The first-order chi connectivity index (χ1) is 9.47. The van der Waals surface area contributed by atoms with Crippen molar-refractivity contribution in [2.75, 3.05) is 5.32 Å². The third-order valence-corrected chi connectivity index (χ3v) is 2.31. The van der Waals surface area contributed by atoms with Crippen molar-refractivity contribution >= 4 is 17.3 Å². The van der Waals surface area contributed by atoms with Crippen LogP contribution < -0.4 is 10.9 Å². The van der Waals surface area contributed by atoms with Crippen molar-refractivity contribution in [2.45, 2.75) is 0 Å². The van der Waals surface area contributed by atoms with Crippen LogP contribution in [-0.2, 0) is 0 Å². The number of H-pyrrole nitrogens is 1. The molecule has 0 aliphatic heterocycles. The van der Waals surface area contributed by atoms with Gasteiger partial charge in [-0.15, -0.1) is 0 Å². The first-order valence-electron chi connectivity index (χ1n) is 5.28.